The number of hydrogen-bond donors (Lipinski definition) is 3. The third kappa shape index (κ3) is 4.88. The zero-order valence-corrected chi connectivity index (χ0v) is 21.5. The zero-order chi connectivity index (χ0) is 23.7. The first-order valence-electron chi connectivity index (χ1n) is 9.07. The number of thioether (sulfide) groups is 3. The minimum Gasteiger partial charge on any atom is -0.477 e. The van der Waals surface area contributed by atoms with Crippen molar-refractivity contribution >= 4 is 98.0 Å². The quantitative estimate of drug-likeness (QED) is 0.247. The maximum Gasteiger partial charge on any atom is 0.352 e. The number of aromatic nitrogens is 3. The third-order valence-corrected chi connectivity index (χ3v) is 9.97. The van der Waals surface area contributed by atoms with Gasteiger partial charge in [-0.05, 0) is 11.8 Å². The van der Waals surface area contributed by atoms with Crippen molar-refractivity contribution in [2.75, 3.05) is 23.5 Å². The Hall–Kier alpha value is -1.78. The molecule has 2 atom stereocenters. The van der Waals surface area contributed by atoms with E-state index >= 15 is 0 Å². The summed E-state index contributed by atoms with van der Waals surface area (Å²) >= 11 is 12.7. The number of fused-ring (bicyclic) bond motifs is 1. The molecule has 10 nitrogen and oxygen atoms in total. The van der Waals surface area contributed by atoms with Crippen LogP contribution in [0.15, 0.2) is 30.9 Å². The standard InChI is InChI=1S/C17H15ClN6O4S5/c1-29-16-22-23-17(33-16)32-4-6-3-30-13-9(12(26)24(13)10(6)14(27)28)21-11(25)7(2-18)8-5-31-15(19)20-8/h2,5,9,13H,3-4H2,1H3,(H2,19,20)(H,21,25)(H,27,28)/t9?,13-/m1/s1. The Labute approximate surface area is 213 Å². The van der Waals surface area contributed by atoms with Crippen LogP contribution in [0.25, 0.3) is 5.57 Å². The van der Waals surface area contributed by atoms with Gasteiger partial charge in [-0.3, -0.25) is 14.5 Å². The highest BCUT2D eigenvalue weighted by Crippen LogP contribution is 2.42. The Morgan fingerprint density at radius 1 is 1.42 bits per heavy atom. The average molecular weight is 563 g/mol. The van der Waals surface area contributed by atoms with Crippen LogP contribution in [0, 0.1) is 0 Å². The third-order valence-electron chi connectivity index (χ3n) is 4.62. The topological polar surface area (TPSA) is 151 Å². The molecule has 2 aromatic rings. The first kappa shape index (κ1) is 24.3. The van der Waals surface area contributed by atoms with Gasteiger partial charge in [-0.2, -0.15) is 0 Å². The Bertz CT molecular complexity index is 1180. The van der Waals surface area contributed by atoms with Crippen LogP contribution in [0.1, 0.15) is 5.69 Å². The summed E-state index contributed by atoms with van der Waals surface area (Å²) in [7, 11) is 0. The fourth-order valence-electron chi connectivity index (χ4n) is 3.13. The summed E-state index contributed by atoms with van der Waals surface area (Å²) in [5.74, 6) is -1.49. The van der Waals surface area contributed by atoms with Crippen molar-refractivity contribution in [3.63, 3.8) is 0 Å². The van der Waals surface area contributed by atoms with Gasteiger partial charge in [-0.25, -0.2) is 9.78 Å². The van der Waals surface area contributed by atoms with Crippen molar-refractivity contribution in [1.29, 1.82) is 0 Å². The number of carbonyl (C=O) groups excluding carboxylic acids is 2. The second-order valence-electron chi connectivity index (χ2n) is 6.54. The molecule has 0 bridgehead atoms. The van der Waals surface area contributed by atoms with Gasteiger partial charge in [0.1, 0.15) is 17.1 Å². The number of rotatable bonds is 8. The van der Waals surface area contributed by atoms with Gasteiger partial charge >= 0.3 is 5.97 Å². The Balaban J connectivity index is 1.47. The molecule has 0 spiro atoms. The number of nitrogen functional groups attached to an aromatic ring is 1. The number of β-lactam (4-membered cyclic amide) rings is 1. The molecule has 174 valence electrons. The first-order valence-corrected chi connectivity index (χ1v) is 14.5. The summed E-state index contributed by atoms with van der Waals surface area (Å²) in [5.41, 5.74) is 7.64. The average Bonchev–Trinajstić information content (AvgIpc) is 3.44. The number of carboxylic acids is 1. The van der Waals surface area contributed by atoms with Crippen LogP contribution in [0.3, 0.4) is 0 Å². The minimum absolute atomic E-state index is 0.0447. The van der Waals surface area contributed by atoms with Crippen molar-refractivity contribution in [1.82, 2.24) is 25.4 Å². The van der Waals surface area contributed by atoms with Gasteiger partial charge in [0.25, 0.3) is 11.8 Å². The summed E-state index contributed by atoms with van der Waals surface area (Å²) in [6, 6.07) is -0.874. The smallest absolute Gasteiger partial charge is 0.352 e. The molecule has 2 aliphatic rings. The number of thiazole rings is 1. The van der Waals surface area contributed by atoms with Crippen molar-refractivity contribution in [2.24, 2.45) is 0 Å². The van der Waals surface area contributed by atoms with Crippen LogP contribution in [-0.4, -0.2) is 72.1 Å². The van der Waals surface area contributed by atoms with Crippen LogP contribution in [0.5, 0.6) is 0 Å². The minimum atomic E-state index is -1.18. The number of hydrogen-bond acceptors (Lipinski definition) is 12. The van der Waals surface area contributed by atoms with Crippen LogP contribution in [0.4, 0.5) is 5.13 Å². The molecule has 4 rings (SSSR count). The molecule has 0 radical (unpaired) electrons. The lowest BCUT2D eigenvalue weighted by Gasteiger charge is -2.49. The molecular formula is C17H15ClN6O4S5. The molecule has 2 aromatic heterocycles. The fraction of sp³-hybridized carbons (Fsp3) is 0.294. The Morgan fingerprint density at radius 2 is 2.18 bits per heavy atom. The number of amides is 2. The number of carboxylic acid groups (broad SMARTS) is 1. The molecular weight excluding hydrogens is 548 g/mol. The largest absolute Gasteiger partial charge is 0.477 e. The predicted octanol–water partition coefficient (Wildman–Crippen LogP) is 2.41. The molecule has 33 heavy (non-hydrogen) atoms. The van der Waals surface area contributed by atoms with E-state index in [0.717, 1.165) is 25.6 Å². The monoisotopic (exact) mass is 562 g/mol. The first-order chi connectivity index (χ1) is 15.8. The second-order valence-corrected chi connectivity index (χ2v) is 12.0. The normalized spacial score (nSPS) is 20.5. The van der Waals surface area contributed by atoms with Gasteiger partial charge in [0, 0.05) is 22.4 Å². The SMILES string of the molecule is CSc1nnc(SCC2=C(C(=O)O)N3C(=O)C(NC(=O)C(=CCl)c4csc(N)n4)[C@H]3SC2)s1. The molecule has 0 saturated carbocycles. The van der Waals surface area contributed by atoms with Crippen LogP contribution >= 0.6 is 69.6 Å². The van der Waals surface area contributed by atoms with Gasteiger partial charge in [0.05, 0.1) is 11.3 Å². The van der Waals surface area contributed by atoms with E-state index in [0.29, 0.717) is 22.8 Å². The highest BCUT2D eigenvalue weighted by Gasteiger charge is 2.54. The zero-order valence-electron chi connectivity index (χ0n) is 16.7. The van der Waals surface area contributed by atoms with Crippen molar-refractivity contribution in [3.05, 3.63) is 27.9 Å². The van der Waals surface area contributed by atoms with Crippen LogP contribution < -0.4 is 11.1 Å². The molecule has 1 fully saturated rings. The highest BCUT2D eigenvalue weighted by atomic mass is 35.5. The van der Waals surface area contributed by atoms with Crippen molar-refractivity contribution in [2.45, 2.75) is 20.1 Å². The molecule has 2 aliphatic heterocycles. The number of carbonyl (C=O) groups is 3. The molecule has 0 aliphatic carbocycles. The number of nitrogens with two attached hydrogens (primary N) is 1. The molecule has 2 amide bonds. The van der Waals surface area contributed by atoms with Crippen LogP contribution in [-0.2, 0) is 14.4 Å². The fourth-order valence-corrected chi connectivity index (χ4v) is 7.83. The van der Waals surface area contributed by atoms with Gasteiger partial charge in [0.2, 0.25) is 0 Å². The number of nitrogens with one attached hydrogen (secondary N) is 1. The second kappa shape index (κ2) is 10.2. The molecule has 0 aromatic carbocycles. The summed E-state index contributed by atoms with van der Waals surface area (Å²) in [6.45, 7) is 0. The molecule has 1 unspecified atom stereocenters. The van der Waals surface area contributed by atoms with E-state index in [2.05, 4.69) is 20.5 Å². The number of nitrogens with zero attached hydrogens (tertiary/aromatic N) is 4. The predicted molar refractivity (Wildman–Crippen MR) is 132 cm³/mol. The lowest BCUT2D eigenvalue weighted by molar-refractivity contribution is -0.150. The lowest BCUT2D eigenvalue weighted by Crippen LogP contribution is -2.70. The van der Waals surface area contributed by atoms with E-state index < -0.39 is 29.2 Å². The van der Waals surface area contributed by atoms with Crippen molar-refractivity contribution in [3.8, 4) is 0 Å². The number of halogens is 1. The highest BCUT2D eigenvalue weighted by molar-refractivity contribution is 8.03. The van der Waals surface area contributed by atoms with Gasteiger partial charge in [-0.1, -0.05) is 46.5 Å². The molecule has 4 N–H and O–H groups in total. The summed E-state index contributed by atoms with van der Waals surface area (Å²) < 4.78 is 1.55. The maximum absolute atomic E-state index is 12.8. The number of aliphatic carboxylic acids is 1. The Kier molecular flexibility index (Phi) is 7.55. The molecule has 1 saturated heterocycles. The molecule has 4 heterocycles. The van der Waals surface area contributed by atoms with E-state index in [4.69, 9.17) is 17.3 Å². The van der Waals surface area contributed by atoms with E-state index in [9.17, 15) is 19.5 Å². The summed E-state index contributed by atoms with van der Waals surface area (Å²) in [5, 5.41) is 21.9. The van der Waals surface area contributed by atoms with E-state index in [1.807, 2.05) is 6.26 Å². The van der Waals surface area contributed by atoms with Crippen LogP contribution in [0.2, 0.25) is 0 Å². The van der Waals surface area contributed by atoms with E-state index in [1.165, 1.54) is 51.5 Å². The van der Waals surface area contributed by atoms with Gasteiger partial charge in [-0.15, -0.1) is 33.3 Å². The maximum atomic E-state index is 12.8. The lowest BCUT2D eigenvalue weighted by atomic mass is 10.0. The van der Waals surface area contributed by atoms with E-state index in [-0.39, 0.29) is 16.4 Å². The Morgan fingerprint density at radius 3 is 2.79 bits per heavy atom. The number of anilines is 1. The summed E-state index contributed by atoms with van der Waals surface area (Å²) in [4.78, 5) is 42.8. The van der Waals surface area contributed by atoms with Crippen molar-refractivity contribution < 1.29 is 19.5 Å². The summed E-state index contributed by atoms with van der Waals surface area (Å²) in [6.07, 6.45) is 1.90. The van der Waals surface area contributed by atoms with E-state index in [1.54, 1.807) is 5.38 Å². The molecule has 16 heteroatoms. The van der Waals surface area contributed by atoms with Gasteiger partial charge in [0.15, 0.2) is 13.8 Å². The van der Waals surface area contributed by atoms with Gasteiger partial charge < -0.3 is 16.2 Å².